The number of nitrogens with zero attached hydrogens (tertiary/aromatic N) is 3. The summed E-state index contributed by atoms with van der Waals surface area (Å²) in [6.45, 7) is 1.85. The highest BCUT2D eigenvalue weighted by Crippen LogP contribution is 2.07. The van der Waals surface area contributed by atoms with E-state index in [4.69, 9.17) is 11.6 Å². The second kappa shape index (κ2) is 4.88. The molecule has 6 heteroatoms. The van der Waals surface area contributed by atoms with E-state index < -0.39 is 0 Å². The van der Waals surface area contributed by atoms with Crippen LogP contribution in [-0.2, 0) is 0 Å². The quantitative estimate of drug-likeness (QED) is 0.827. The number of aryl methyl sites for hydroxylation is 1. The summed E-state index contributed by atoms with van der Waals surface area (Å²) in [5, 5.41) is 2.81. The number of carbonyl (C=O) groups excluding carboxylic acids is 1. The smallest absolute Gasteiger partial charge is 0.259 e. The Labute approximate surface area is 103 Å². The predicted molar refractivity (Wildman–Crippen MR) is 64.0 cm³/mol. The van der Waals surface area contributed by atoms with Gasteiger partial charge in [-0.3, -0.25) is 15.1 Å². The van der Waals surface area contributed by atoms with E-state index in [0.717, 1.165) is 5.69 Å². The van der Waals surface area contributed by atoms with E-state index in [2.05, 4.69) is 20.3 Å². The molecule has 0 radical (unpaired) electrons. The third kappa shape index (κ3) is 2.98. The molecule has 2 aromatic rings. The van der Waals surface area contributed by atoms with Gasteiger partial charge < -0.3 is 0 Å². The molecule has 1 N–H and O–H groups in total. The van der Waals surface area contributed by atoms with Crippen molar-refractivity contribution in [2.24, 2.45) is 0 Å². The molecule has 0 fully saturated rings. The number of carbonyl (C=O) groups is 1. The van der Waals surface area contributed by atoms with E-state index >= 15 is 0 Å². The highest BCUT2D eigenvalue weighted by molar-refractivity contribution is 6.29. The van der Waals surface area contributed by atoms with Gasteiger partial charge in [-0.15, -0.1) is 0 Å². The van der Waals surface area contributed by atoms with Crippen molar-refractivity contribution >= 4 is 23.5 Å². The molecule has 0 aliphatic heterocycles. The first-order valence-electron chi connectivity index (χ1n) is 4.88. The molecule has 0 aromatic carbocycles. The molecule has 0 aliphatic rings. The number of rotatable bonds is 2. The SMILES string of the molecule is Cc1ccc(C(=O)Nc2nccc(Cl)n2)cn1. The number of hydrogen-bond donors (Lipinski definition) is 1. The summed E-state index contributed by atoms with van der Waals surface area (Å²) in [6.07, 6.45) is 2.97. The first kappa shape index (κ1) is 11.5. The summed E-state index contributed by atoms with van der Waals surface area (Å²) in [5.41, 5.74) is 1.29. The number of halogens is 1. The van der Waals surface area contributed by atoms with Crippen LogP contribution in [0.15, 0.2) is 30.6 Å². The van der Waals surface area contributed by atoms with E-state index in [9.17, 15) is 4.79 Å². The molecule has 0 saturated heterocycles. The van der Waals surface area contributed by atoms with Gasteiger partial charge in [0.05, 0.1) is 5.56 Å². The van der Waals surface area contributed by atoms with Crippen LogP contribution in [0, 0.1) is 6.92 Å². The molecule has 2 aromatic heterocycles. The fraction of sp³-hybridized carbons (Fsp3) is 0.0909. The monoisotopic (exact) mass is 248 g/mol. The standard InChI is InChI=1S/C11H9ClN4O/c1-7-2-3-8(6-14-7)10(17)16-11-13-5-4-9(12)15-11/h2-6H,1H3,(H,13,15,16,17). The van der Waals surface area contributed by atoms with Gasteiger partial charge >= 0.3 is 0 Å². The fourth-order valence-electron chi connectivity index (χ4n) is 1.17. The maximum Gasteiger partial charge on any atom is 0.259 e. The lowest BCUT2D eigenvalue weighted by molar-refractivity contribution is 0.102. The molecule has 0 unspecified atom stereocenters. The van der Waals surface area contributed by atoms with Gasteiger partial charge in [0.2, 0.25) is 5.95 Å². The van der Waals surface area contributed by atoms with Gasteiger partial charge in [-0.2, -0.15) is 0 Å². The van der Waals surface area contributed by atoms with Crippen LogP contribution in [0.5, 0.6) is 0 Å². The summed E-state index contributed by atoms with van der Waals surface area (Å²) >= 11 is 5.68. The molecule has 0 saturated carbocycles. The zero-order valence-corrected chi connectivity index (χ0v) is 9.77. The average Bonchev–Trinajstić information content (AvgIpc) is 2.29. The molecule has 2 rings (SSSR count). The second-order valence-electron chi connectivity index (χ2n) is 3.35. The predicted octanol–water partition coefficient (Wildman–Crippen LogP) is 2.09. The average molecular weight is 249 g/mol. The maximum absolute atomic E-state index is 11.8. The summed E-state index contributed by atoms with van der Waals surface area (Å²) in [6, 6.07) is 4.97. The number of nitrogens with one attached hydrogen (secondary N) is 1. The molecule has 86 valence electrons. The zero-order valence-electron chi connectivity index (χ0n) is 9.01. The molecular formula is C11H9ClN4O. The molecule has 0 aliphatic carbocycles. The van der Waals surface area contributed by atoms with Crippen LogP contribution < -0.4 is 5.32 Å². The largest absolute Gasteiger partial charge is 0.290 e. The van der Waals surface area contributed by atoms with Crippen molar-refractivity contribution in [1.82, 2.24) is 15.0 Å². The van der Waals surface area contributed by atoms with Crippen LogP contribution in [0.1, 0.15) is 16.1 Å². The van der Waals surface area contributed by atoms with Gasteiger partial charge in [0.25, 0.3) is 5.91 Å². The zero-order chi connectivity index (χ0) is 12.3. The van der Waals surface area contributed by atoms with E-state index in [1.807, 2.05) is 6.92 Å². The maximum atomic E-state index is 11.8. The second-order valence-corrected chi connectivity index (χ2v) is 3.73. The van der Waals surface area contributed by atoms with Gasteiger partial charge in [0.15, 0.2) is 0 Å². The van der Waals surface area contributed by atoms with Gasteiger partial charge in [-0.1, -0.05) is 11.6 Å². The Hall–Kier alpha value is -2.01. The van der Waals surface area contributed by atoms with Crippen molar-refractivity contribution in [3.05, 3.63) is 47.0 Å². The minimum Gasteiger partial charge on any atom is -0.290 e. The van der Waals surface area contributed by atoms with Crippen LogP contribution in [-0.4, -0.2) is 20.9 Å². The Bertz CT molecular complexity index is 541. The van der Waals surface area contributed by atoms with Crippen molar-refractivity contribution in [2.75, 3.05) is 5.32 Å². The third-order valence-electron chi connectivity index (χ3n) is 2.02. The third-order valence-corrected chi connectivity index (χ3v) is 2.23. The van der Waals surface area contributed by atoms with Crippen LogP contribution >= 0.6 is 11.6 Å². The van der Waals surface area contributed by atoms with Crippen molar-refractivity contribution < 1.29 is 4.79 Å². The van der Waals surface area contributed by atoms with Gasteiger partial charge in [-0.05, 0) is 25.1 Å². The lowest BCUT2D eigenvalue weighted by atomic mass is 10.2. The molecule has 2 heterocycles. The Morgan fingerprint density at radius 3 is 2.76 bits per heavy atom. The molecule has 5 nitrogen and oxygen atoms in total. The first-order chi connectivity index (χ1) is 8.15. The summed E-state index contributed by atoms with van der Waals surface area (Å²) in [4.78, 5) is 23.5. The normalized spacial score (nSPS) is 10.0. The summed E-state index contributed by atoms with van der Waals surface area (Å²) in [7, 11) is 0. The first-order valence-corrected chi connectivity index (χ1v) is 5.25. The van der Waals surface area contributed by atoms with Crippen LogP contribution in [0.2, 0.25) is 5.15 Å². The van der Waals surface area contributed by atoms with Gasteiger partial charge in [0, 0.05) is 18.1 Å². The molecule has 0 spiro atoms. The molecule has 17 heavy (non-hydrogen) atoms. The highest BCUT2D eigenvalue weighted by atomic mass is 35.5. The van der Waals surface area contributed by atoms with Gasteiger partial charge in [-0.25, -0.2) is 9.97 Å². The Balaban J connectivity index is 2.14. The Kier molecular flexibility index (Phi) is 3.30. The number of anilines is 1. The van der Waals surface area contributed by atoms with Crippen LogP contribution in [0.25, 0.3) is 0 Å². The summed E-state index contributed by atoms with van der Waals surface area (Å²) < 4.78 is 0. The van der Waals surface area contributed by atoms with Crippen molar-refractivity contribution in [3.63, 3.8) is 0 Å². The van der Waals surface area contributed by atoms with Crippen LogP contribution in [0.4, 0.5) is 5.95 Å². The molecule has 0 bridgehead atoms. The summed E-state index contributed by atoms with van der Waals surface area (Å²) in [5.74, 6) is -0.150. The lowest BCUT2D eigenvalue weighted by Gasteiger charge is -2.03. The molecule has 0 atom stereocenters. The van der Waals surface area contributed by atoms with E-state index in [1.165, 1.54) is 18.5 Å². The van der Waals surface area contributed by atoms with Gasteiger partial charge in [0.1, 0.15) is 5.15 Å². The number of aromatic nitrogens is 3. The van der Waals surface area contributed by atoms with Crippen LogP contribution in [0.3, 0.4) is 0 Å². The van der Waals surface area contributed by atoms with Crippen molar-refractivity contribution in [3.8, 4) is 0 Å². The number of hydrogen-bond acceptors (Lipinski definition) is 4. The van der Waals surface area contributed by atoms with E-state index in [1.54, 1.807) is 12.1 Å². The lowest BCUT2D eigenvalue weighted by Crippen LogP contribution is -2.14. The fourth-order valence-corrected chi connectivity index (χ4v) is 1.31. The molecule has 1 amide bonds. The topological polar surface area (TPSA) is 67.8 Å². The highest BCUT2D eigenvalue weighted by Gasteiger charge is 2.07. The number of pyridine rings is 1. The van der Waals surface area contributed by atoms with E-state index in [-0.39, 0.29) is 17.0 Å². The van der Waals surface area contributed by atoms with Crippen molar-refractivity contribution in [1.29, 1.82) is 0 Å². The minimum absolute atomic E-state index is 0.170. The minimum atomic E-state index is -0.320. The Morgan fingerprint density at radius 1 is 1.29 bits per heavy atom. The van der Waals surface area contributed by atoms with E-state index in [0.29, 0.717) is 5.56 Å². The Morgan fingerprint density at radius 2 is 2.12 bits per heavy atom. The molecular weight excluding hydrogens is 240 g/mol. The number of amides is 1. The van der Waals surface area contributed by atoms with Crippen molar-refractivity contribution in [2.45, 2.75) is 6.92 Å².